The van der Waals surface area contributed by atoms with E-state index in [1.165, 1.54) is 12.1 Å². The van der Waals surface area contributed by atoms with Crippen LogP contribution in [0.3, 0.4) is 0 Å². The number of nitrogens with zero attached hydrogens (tertiary/aromatic N) is 1. The second kappa shape index (κ2) is 6.11. The van der Waals surface area contributed by atoms with Gasteiger partial charge in [0.15, 0.2) is 15.4 Å². The molecule has 1 aliphatic heterocycles. The molecule has 1 aliphatic rings. The Balaban J connectivity index is 2.15. The minimum absolute atomic E-state index is 0.163. The first-order chi connectivity index (χ1) is 12.1. The van der Waals surface area contributed by atoms with Crippen LogP contribution in [0.5, 0.6) is 0 Å². The van der Waals surface area contributed by atoms with Gasteiger partial charge in [0.05, 0.1) is 22.1 Å². The second-order valence-corrected chi connectivity index (χ2v) is 8.65. The third-order valence-electron chi connectivity index (χ3n) is 4.21. The number of Topliss-reactive ketones (excluding diaryl/α,β-unsaturated/α-hetero) is 1. The third kappa shape index (κ3) is 3.14. The van der Waals surface area contributed by atoms with Crippen LogP contribution in [-0.2, 0) is 19.4 Å². The third-order valence-corrected chi connectivity index (χ3v) is 5.33. The van der Waals surface area contributed by atoms with Gasteiger partial charge < -0.3 is 4.74 Å². The molecule has 0 aromatic heterocycles. The van der Waals surface area contributed by atoms with Crippen LogP contribution in [0.2, 0.25) is 0 Å². The van der Waals surface area contributed by atoms with Crippen LogP contribution in [-0.4, -0.2) is 26.1 Å². The minimum Gasteiger partial charge on any atom is -0.478 e. The van der Waals surface area contributed by atoms with E-state index in [0.717, 1.165) is 6.26 Å². The van der Waals surface area contributed by atoms with Crippen molar-refractivity contribution in [2.45, 2.75) is 24.3 Å². The summed E-state index contributed by atoms with van der Waals surface area (Å²) in [5.74, 6) is 0.245. The van der Waals surface area contributed by atoms with Gasteiger partial charge in [0.1, 0.15) is 5.76 Å². The topological polar surface area (TPSA) is 84.2 Å². The summed E-state index contributed by atoms with van der Waals surface area (Å²) in [6, 6.07) is 15.0. The van der Waals surface area contributed by atoms with Gasteiger partial charge in [-0.1, -0.05) is 12.1 Å². The molecular formula is C20H17NO4S. The fourth-order valence-electron chi connectivity index (χ4n) is 2.79. The van der Waals surface area contributed by atoms with E-state index in [1.54, 1.807) is 50.2 Å². The Morgan fingerprint density at radius 2 is 1.50 bits per heavy atom. The Hall–Kier alpha value is -2.91. The average molecular weight is 367 g/mol. The number of benzene rings is 2. The van der Waals surface area contributed by atoms with Gasteiger partial charge >= 0.3 is 0 Å². The molecule has 0 radical (unpaired) electrons. The molecular weight excluding hydrogens is 350 g/mol. The van der Waals surface area contributed by atoms with Crippen LogP contribution in [0.25, 0.3) is 11.3 Å². The van der Waals surface area contributed by atoms with E-state index in [1.807, 2.05) is 6.07 Å². The van der Waals surface area contributed by atoms with Crippen molar-refractivity contribution in [2.75, 3.05) is 6.26 Å². The number of hydrogen-bond donors (Lipinski definition) is 0. The predicted octanol–water partition coefficient (Wildman–Crippen LogP) is 3.21. The lowest BCUT2D eigenvalue weighted by atomic mass is 9.92. The van der Waals surface area contributed by atoms with Crippen LogP contribution in [0, 0.1) is 11.3 Å². The summed E-state index contributed by atoms with van der Waals surface area (Å²) in [6.45, 7) is 3.38. The molecule has 132 valence electrons. The zero-order chi connectivity index (χ0) is 19.1. The maximum Gasteiger partial charge on any atom is 0.210 e. The highest BCUT2D eigenvalue weighted by molar-refractivity contribution is 7.90. The minimum atomic E-state index is -3.30. The Kier molecular flexibility index (Phi) is 4.21. The fourth-order valence-corrected chi connectivity index (χ4v) is 3.42. The quantitative estimate of drug-likeness (QED) is 0.832. The second-order valence-electron chi connectivity index (χ2n) is 6.63. The summed E-state index contributed by atoms with van der Waals surface area (Å²) >= 11 is 0. The molecule has 0 bridgehead atoms. The fraction of sp³-hybridized carbons (Fsp3) is 0.200. The van der Waals surface area contributed by atoms with Crippen LogP contribution in [0.1, 0.15) is 30.5 Å². The van der Waals surface area contributed by atoms with E-state index in [-0.39, 0.29) is 10.7 Å². The Bertz CT molecular complexity index is 1050. The Morgan fingerprint density at radius 3 is 2.00 bits per heavy atom. The Morgan fingerprint density at radius 1 is 0.962 bits per heavy atom. The number of carbonyl (C=O) groups is 1. The van der Waals surface area contributed by atoms with Gasteiger partial charge in [-0.25, -0.2) is 8.42 Å². The normalized spacial score (nSPS) is 16.3. The summed E-state index contributed by atoms with van der Waals surface area (Å²) in [6.07, 6.45) is 1.14. The summed E-state index contributed by atoms with van der Waals surface area (Å²) in [5, 5.41) is 8.95. The molecule has 0 N–H and O–H groups in total. The Labute approximate surface area is 152 Å². The van der Waals surface area contributed by atoms with E-state index >= 15 is 0 Å². The largest absolute Gasteiger partial charge is 0.478 e. The average Bonchev–Trinajstić information content (AvgIpc) is 2.84. The molecule has 2 aromatic rings. The molecule has 0 unspecified atom stereocenters. The van der Waals surface area contributed by atoms with Gasteiger partial charge in [-0.2, -0.15) is 5.26 Å². The van der Waals surface area contributed by atoms with Crippen molar-refractivity contribution in [2.24, 2.45) is 0 Å². The van der Waals surface area contributed by atoms with Crippen molar-refractivity contribution in [1.82, 2.24) is 0 Å². The summed E-state index contributed by atoms with van der Waals surface area (Å²) in [7, 11) is -3.30. The number of sulfone groups is 1. The molecule has 1 heterocycles. The van der Waals surface area contributed by atoms with Crippen molar-refractivity contribution in [3.05, 3.63) is 65.2 Å². The van der Waals surface area contributed by atoms with E-state index in [0.29, 0.717) is 28.0 Å². The lowest BCUT2D eigenvalue weighted by Gasteiger charge is -2.17. The van der Waals surface area contributed by atoms with E-state index in [2.05, 4.69) is 0 Å². The van der Waals surface area contributed by atoms with Gasteiger partial charge in [0.2, 0.25) is 5.78 Å². The van der Waals surface area contributed by atoms with Crippen LogP contribution in [0.4, 0.5) is 0 Å². The van der Waals surface area contributed by atoms with E-state index in [4.69, 9.17) is 10.00 Å². The monoisotopic (exact) mass is 367 g/mol. The number of ether oxygens (including phenoxy) is 1. The van der Waals surface area contributed by atoms with Crippen molar-refractivity contribution in [3.63, 3.8) is 0 Å². The summed E-state index contributed by atoms with van der Waals surface area (Å²) in [4.78, 5) is 13.0. The maximum absolute atomic E-state index is 12.8. The molecule has 0 fully saturated rings. The van der Waals surface area contributed by atoms with Gasteiger partial charge in [-0.05, 0) is 55.8 Å². The number of rotatable bonds is 3. The SMILES string of the molecule is CC1(C)OC(c2ccc(S(C)(=O)=O)cc2)=C(c2ccc(C#N)cc2)C1=O. The van der Waals surface area contributed by atoms with Gasteiger partial charge in [-0.15, -0.1) is 0 Å². The van der Waals surface area contributed by atoms with Gasteiger partial charge in [0.25, 0.3) is 0 Å². The first-order valence-electron chi connectivity index (χ1n) is 7.92. The number of carbonyl (C=O) groups excluding carboxylic acids is 1. The maximum atomic E-state index is 12.8. The first-order valence-corrected chi connectivity index (χ1v) is 9.82. The number of hydrogen-bond acceptors (Lipinski definition) is 5. The molecule has 0 aliphatic carbocycles. The van der Waals surface area contributed by atoms with Crippen molar-refractivity contribution < 1.29 is 17.9 Å². The molecule has 0 spiro atoms. The van der Waals surface area contributed by atoms with Crippen LogP contribution in [0.15, 0.2) is 53.4 Å². The van der Waals surface area contributed by atoms with E-state index < -0.39 is 15.4 Å². The highest BCUT2D eigenvalue weighted by Gasteiger charge is 2.42. The lowest BCUT2D eigenvalue weighted by molar-refractivity contribution is -0.125. The number of ketones is 1. The zero-order valence-electron chi connectivity index (χ0n) is 14.6. The molecule has 2 aromatic carbocycles. The van der Waals surface area contributed by atoms with Crippen molar-refractivity contribution >= 4 is 27.0 Å². The van der Waals surface area contributed by atoms with Crippen molar-refractivity contribution in [1.29, 1.82) is 5.26 Å². The lowest BCUT2D eigenvalue weighted by Crippen LogP contribution is -2.29. The van der Waals surface area contributed by atoms with Crippen LogP contribution >= 0.6 is 0 Å². The molecule has 0 atom stereocenters. The summed E-state index contributed by atoms with van der Waals surface area (Å²) in [5.41, 5.74) is 1.18. The van der Waals surface area contributed by atoms with Crippen LogP contribution < -0.4 is 0 Å². The molecule has 0 amide bonds. The predicted molar refractivity (Wildman–Crippen MR) is 97.7 cm³/mol. The standard InChI is InChI=1S/C20H17NO4S/c1-20(2)19(22)17(14-6-4-13(12-21)5-7-14)18(25-20)15-8-10-16(11-9-15)26(3,23)24/h4-11H,1-3H3. The highest BCUT2D eigenvalue weighted by Crippen LogP contribution is 2.41. The number of nitriles is 1. The molecule has 5 nitrogen and oxygen atoms in total. The first kappa shape index (κ1) is 17.9. The molecule has 0 saturated heterocycles. The smallest absolute Gasteiger partial charge is 0.210 e. The zero-order valence-corrected chi connectivity index (χ0v) is 15.4. The molecule has 26 heavy (non-hydrogen) atoms. The van der Waals surface area contributed by atoms with Crippen molar-refractivity contribution in [3.8, 4) is 6.07 Å². The van der Waals surface area contributed by atoms with Gasteiger partial charge in [0, 0.05) is 11.8 Å². The molecule has 6 heteroatoms. The van der Waals surface area contributed by atoms with Gasteiger partial charge in [-0.3, -0.25) is 4.79 Å². The summed E-state index contributed by atoms with van der Waals surface area (Å²) < 4.78 is 29.2. The molecule has 0 saturated carbocycles. The van der Waals surface area contributed by atoms with E-state index in [9.17, 15) is 13.2 Å². The highest BCUT2D eigenvalue weighted by atomic mass is 32.2. The molecule has 3 rings (SSSR count).